The number of hydrogen-bond acceptors (Lipinski definition) is 4. The largest absolute Gasteiger partial charge is 0.497 e. The molecule has 6 heteroatoms. The van der Waals surface area contributed by atoms with Gasteiger partial charge in [-0.15, -0.1) is 0 Å². The van der Waals surface area contributed by atoms with E-state index in [1.807, 2.05) is 0 Å². The van der Waals surface area contributed by atoms with Gasteiger partial charge in [-0.25, -0.2) is 4.39 Å². The summed E-state index contributed by atoms with van der Waals surface area (Å²) >= 11 is 0. The molecule has 3 rings (SSSR count). The summed E-state index contributed by atoms with van der Waals surface area (Å²) in [5.74, 6) is -0.192. The first kappa shape index (κ1) is 16.0. The molecule has 0 saturated heterocycles. The molecule has 0 radical (unpaired) electrons. The third kappa shape index (κ3) is 3.38. The second-order valence-corrected chi connectivity index (χ2v) is 5.30. The van der Waals surface area contributed by atoms with E-state index in [-0.39, 0.29) is 12.3 Å². The third-order valence-electron chi connectivity index (χ3n) is 3.64. The maximum Gasteiger partial charge on any atom is 0.287 e. The molecule has 0 aliphatic rings. The van der Waals surface area contributed by atoms with E-state index in [1.54, 1.807) is 24.3 Å². The lowest BCUT2D eigenvalue weighted by atomic mass is 10.1. The zero-order chi connectivity index (χ0) is 17.1. The number of carbonyl (C=O) groups is 1. The third-order valence-corrected chi connectivity index (χ3v) is 3.64. The number of fused-ring (bicyclic) bond motifs is 1. The van der Waals surface area contributed by atoms with Crippen LogP contribution >= 0.6 is 0 Å². The quantitative estimate of drug-likeness (QED) is 0.755. The van der Waals surface area contributed by atoms with Crippen molar-refractivity contribution in [1.29, 1.82) is 0 Å². The van der Waals surface area contributed by atoms with E-state index < -0.39 is 17.8 Å². The van der Waals surface area contributed by atoms with E-state index in [2.05, 4.69) is 5.32 Å². The number of rotatable bonds is 5. The summed E-state index contributed by atoms with van der Waals surface area (Å²) in [5, 5.41) is 13.3. The van der Waals surface area contributed by atoms with Crippen LogP contribution in [-0.4, -0.2) is 24.7 Å². The van der Waals surface area contributed by atoms with Gasteiger partial charge in [-0.3, -0.25) is 4.79 Å². The fraction of sp³-hybridized carbons (Fsp3) is 0.167. The van der Waals surface area contributed by atoms with Crippen LogP contribution in [0.15, 0.2) is 52.9 Å². The number of halogens is 1. The molecule has 5 nitrogen and oxygen atoms in total. The van der Waals surface area contributed by atoms with Gasteiger partial charge in [0.2, 0.25) is 0 Å². The zero-order valence-electron chi connectivity index (χ0n) is 13.0. The standard InChI is InChI=1S/C18H16FNO4/c1-23-14-4-2-3-11(8-14)15(21)10-20-18(22)17-9-12-7-13(19)5-6-16(12)24-17/h2-9,15,21H,10H2,1H3,(H,20,22). The summed E-state index contributed by atoms with van der Waals surface area (Å²) < 4.78 is 23.6. The molecule has 3 aromatic rings. The molecule has 1 unspecified atom stereocenters. The van der Waals surface area contributed by atoms with Crippen LogP contribution in [0.5, 0.6) is 5.75 Å². The van der Waals surface area contributed by atoms with Crippen LogP contribution in [0.3, 0.4) is 0 Å². The van der Waals surface area contributed by atoms with Gasteiger partial charge in [0.1, 0.15) is 17.1 Å². The minimum absolute atomic E-state index is 0.0113. The number of carbonyl (C=O) groups excluding carboxylic acids is 1. The normalized spacial score (nSPS) is 12.1. The first-order chi connectivity index (χ1) is 11.6. The summed E-state index contributed by atoms with van der Waals surface area (Å²) in [6.45, 7) is 0.0113. The minimum atomic E-state index is -0.883. The van der Waals surface area contributed by atoms with Crippen molar-refractivity contribution in [3.63, 3.8) is 0 Å². The van der Waals surface area contributed by atoms with Crippen LogP contribution in [0.2, 0.25) is 0 Å². The first-order valence-electron chi connectivity index (χ1n) is 7.36. The smallest absolute Gasteiger partial charge is 0.287 e. The molecule has 24 heavy (non-hydrogen) atoms. The Labute approximate surface area is 137 Å². The van der Waals surface area contributed by atoms with Crippen molar-refractivity contribution in [2.75, 3.05) is 13.7 Å². The molecular weight excluding hydrogens is 313 g/mol. The summed E-state index contributed by atoms with van der Waals surface area (Å²) in [5.41, 5.74) is 1.05. The molecule has 1 amide bonds. The van der Waals surface area contributed by atoms with Gasteiger partial charge >= 0.3 is 0 Å². The van der Waals surface area contributed by atoms with E-state index in [1.165, 1.54) is 31.4 Å². The number of methoxy groups -OCH3 is 1. The zero-order valence-corrected chi connectivity index (χ0v) is 13.0. The van der Waals surface area contributed by atoms with Crippen molar-refractivity contribution < 1.29 is 23.4 Å². The predicted molar refractivity (Wildman–Crippen MR) is 86.5 cm³/mol. The van der Waals surface area contributed by atoms with Crippen LogP contribution < -0.4 is 10.1 Å². The monoisotopic (exact) mass is 329 g/mol. The van der Waals surface area contributed by atoms with Gasteiger partial charge in [0.25, 0.3) is 5.91 Å². The van der Waals surface area contributed by atoms with E-state index >= 15 is 0 Å². The van der Waals surface area contributed by atoms with Crippen molar-refractivity contribution in [3.05, 3.63) is 65.7 Å². The number of aliphatic hydroxyl groups is 1. The molecular formula is C18H16FNO4. The molecule has 2 aromatic carbocycles. The van der Waals surface area contributed by atoms with Crippen molar-refractivity contribution in [2.45, 2.75) is 6.10 Å². The Morgan fingerprint density at radius 2 is 2.12 bits per heavy atom. The summed E-state index contributed by atoms with van der Waals surface area (Å²) in [6.07, 6.45) is -0.883. The van der Waals surface area contributed by atoms with Gasteiger partial charge in [0, 0.05) is 11.9 Å². The van der Waals surface area contributed by atoms with Crippen LogP contribution in [-0.2, 0) is 0 Å². The molecule has 0 bridgehead atoms. The average Bonchev–Trinajstić information content (AvgIpc) is 3.02. The average molecular weight is 329 g/mol. The van der Waals surface area contributed by atoms with E-state index in [0.717, 1.165) is 0 Å². The molecule has 0 aliphatic heterocycles. The van der Waals surface area contributed by atoms with Crippen LogP contribution in [0, 0.1) is 5.82 Å². The lowest BCUT2D eigenvalue weighted by Crippen LogP contribution is -2.28. The molecule has 0 saturated carbocycles. The number of benzene rings is 2. The van der Waals surface area contributed by atoms with Gasteiger partial charge in [-0.2, -0.15) is 0 Å². The van der Waals surface area contributed by atoms with Gasteiger partial charge in [-0.05, 0) is 42.0 Å². The van der Waals surface area contributed by atoms with E-state index in [9.17, 15) is 14.3 Å². The number of amides is 1. The Bertz CT molecular complexity index is 874. The molecule has 0 aliphatic carbocycles. The Morgan fingerprint density at radius 3 is 2.92 bits per heavy atom. The molecule has 0 fully saturated rings. The van der Waals surface area contributed by atoms with Gasteiger partial charge in [0.05, 0.1) is 13.2 Å². The van der Waals surface area contributed by atoms with Gasteiger partial charge < -0.3 is 19.6 Å². The van der Waals surface area contributed by atoms with E-state index in [4.69, 9.17) is 9.15 Å². The van der Waals surface area contributed by atoms with Crippen molar-refractivity contribution in [2.24, 2.45) is 0 Å². The maximum atomic E-state index is 13.2. The second-order valence-electron chi connectivity index (χ2n) is 5.30. The maximum absolute atomic E-state index is 13.2. The lowest BCUT2D eigenvalue weighted by Gasteiger charge is -2.12. The fourth-order valence-electron chi connectivity index (χ4n) is 2.37. The van der Waals surface area contributed by atoms with Crippen LogP contribution in [0.1, 0.15) is 22.2 Å². The molecule has 1 heterocycles. The fourth-order valence-corrected chi connectivity index (χ4v) is 2.37. The number of ether oxygens (including phenoxy) is 1. The highest BCUT2D eigenvalue weighted by molar-refractivity contribution is 5.96. The first-order valence-corrected chi connectivity index (χ1v) is 7.36. The van der Waals surface area contributed by atoms with Crippen molar-refractivity contribution in [3.8, 4) is 5.75 Å². The highest BCUT2D eigenvalue weighted by Gasteiger charge is 2.15. The molecule has 0 spiro atoms. The molecule has 124 valence electrons. The molecule has 1 atom stereocenters. The van der Waals surface area contributed by atoms with Crippen LogP contribution in [0.4, 0.5) is 4.39 Å². The van der Waals surface area contributed by atoms with E-state index in [0.29, 0.717) is 22.3 Å². The summed E-state index contributed by atoms with van der Waals surface area (Å²) in [7, 11) is 1.54. The lowest BCUT2D eigenvalue weighted by molar-refractivity contribution is 0.0891. The Balaban J connectivity index is 1.67. The second kappa shape index (κ2) is 6.72. The number of furan rings is 1. The Hall–Kier alpha value is -2.86. The Morgan fingerprint density at radius 1 is 1.29 bits per heavy atom. The topological polar surface area (TPSA) is 71.7 Å². The number of hydrogen-bond donors (Lipinski definition) is 2. The highest BCUT2D eigenvalue weighted by atomic mass is 19.1. The number of nitrogens with one attached hydrogen (secondary N) is 1. The SMILES string of the molecule is COc1cccc(C(O)CNC(=O)c2cc3cc(F)ccc3o2)c1. The predicted octanol–water partition coefficient (Wildman–Crippen LogP) is 3.04. The van der Waals surface area contributed by atoms with Crippen molar-refractivity contribution >= 4 is 16.9 Å². The molecule has 2 N–H and O–H groups in total. The van der Waals surface area contributed by atoms with Gasteiger partial charge in [-0.1, -0.05) is 12.1 Å². The molecule has 1 aromatic heterocycles. The summed E-state index contributed by atoms with van der Waals surface area (Å²) in [4.78, 5) is 12.1. The van der Waals surface area contributed by atoms with Crippen LogP contribution in [0.25, 0.3) is 11.0 Å². The highest BCUT2D eigenvalue weighted by Crippen LogP contribution is 2.21. The minimum Gasteiger partial charge on any atom is -0.497 e. The Kier molecular flexibility index (Phi) is 4.48. The van der Waals surface area contributed by atoms with Gasteiger partial charge in [0.15, 0.2) is 5.76 Å². The van der Waals surface area contributed by atoms with Crippen molar-refractivity contribution in [1.82, 2.24) is 5.32 Å². The summed E-state index contributed by atoms with van der Waals surface area (Å²) in [6, 6.07) is 12.4. The number of aliphatic hydroxyl groups excluding tert-OH is 1.